The average molecular weight is 268 g/mol. The Kier molecular flexibility index (Phi) is 4.19. The minimum Gasteiger partial charge on any atom is -0.216 e. The summed E-state index contributed by atoms with van der Waals surface area (Å²) in [4.78, 5) is 0. The van der Waals surface area contributed by atoms with E-state index in [9.17, 15) is 5.26 Å². The highest BCUT2D eigenvalue weighted by Crippen LogP contribution is 2.28. The Hall–Kier alpha value is -2.15. The minimum atomic E-state index is 0.305. The van der Waals surface area contributed by atoms with Crippen molar-refractivity contribution in [1.29, 1.82) is 5.26 Å². The molecule has 20 heavy (non-hydrogen) atoms. The van der Waals surface area contributed by atoms with Gasteiger partial charge in [-0.1, -0.05) is 31.2 Å². The van der Waals surface area contributed by atoms with E-state index in [0.717, 1.165) is 29.8 Å². The highest BCUT2D eigenvalue weighted by molar-refractivity contribution is 5.45. The first kappa shape index (κ1) is 14.3. The first-order valence-electron chi connectivity index (χ1n) is 7.05. The van der Waals surface area contributed by atoms with Crippen LogP contribution in [0.2, 0.25) is 0 Å². The monoisotopic (exact) mass is 268 g/mol. The molecule has 0 aliphatic heterocycles. The molecule has 0 aliphatic carbocycles. The summed E-state index contributed by atoms with van der Waals surface area (Å²) in [5.74, 6) is 0.305. The lowest BCUT2D eigenvalue weighted by atomic mass is 9.97. The summed E-state index contributed by atoms with van der Waals surface area (Å²) in [6, 6.07) is 8.43. The number of hydrogen-bond acceptors (Lipinski definition) is 3. The summed E-state index contributed by atoms with van der Waals surface area (Å²) < 4.78 is 1.85. The topological polar surface area (TPSA) is 54.5 Å². The van der Waals surface area contributed by atoms with Crippen LogP contribution in [0, 0.1) is 25.2 Å². The van der Waals surface area contributed by atoms with Crippen molar-refractivity contribution in [2.24, 2.45) is 0 Å². The Morgan fingerprint density at radius 1 is 1.25 bits per heavy atom. The van der Waals surface area contributed by atoms with Gasteiger partial charge in [0.15, 0.2) is 5.69 Å². The molecule has 0 N–H and O–H groups in total. The first-order chi connectivity index (χ1) is 9.62. The van der Waals surface area contributed by atoms with Crippen molar-refractivity contribution in [2.75, 3.05) is 0 Å². The van der Waals surface area contributed by atoms with Crippen LogP contribution in [0.25, 0.3) is 5.69 Å². The molecule has 0 fully saturated rings. The third-order valence-corrected chi connectivity index (χ3v) is 3.78. The third-order valence-electron chi connectivity index (χ3n) is 3.78. The van der Waals surface area contributed by atoms with E-state index in [2.05, 4.69) is 62.3 Å². The normalized spacial score (nSPS) is 10.8. The van der Waals surface area contributed by atoms with Crippen molar-refractivity contribution in [3.8, 4) is 11.8 Å². The molecular formula is C16H20N4. The van der Waals surface area contributed by atoms with Gasteiger partial charge in [0.1, 0.15) is 6.07 Å². The fraction of sp³-hybridized carbons (Fsp3) is 0.438. The average Bonchev–Trinajstić information content (AvgIpc) is 2.87. The van der Waals surface area contributed by atoms with Crippen LogP contribution in [-0.2, 0) is 0 Å². The van der Waals surface area contributed by atoms with Gasteiger partial charge in [-0.2, -0.15) is 5.26 Å². The molecule has 0 atom stereocenters. The molecule has 0 aliphatic rings. The van der Waals surface area contributed by atoms with E-state index in [1.807, 2.05) is 4.68 Å². The smallest absolute Gasteiger partial charge is 0.186 e. The van der Waals surface area contributed by atoms with Gasteiger partial charge < -0.3 is 0 Å². The number of hydrogen-bond donors (Lipinski definition) is 0. The Morgan fingerprint density at radius 3 is 2.55 bits per heavy atom. The largest absolute Gasteiger partial charge is 0.216 e. The predicted molar refractivity (Wildman–Crippen MR) is 78.9 cm³/mol. The van der Waals surface area contributed by atoms with Crippen LogP contribution in [0.3, 0.4) is 0 Å². The highest BCUT2D eigenvalue weighted by Gasteiger charge is 2.21. The van der Waals surface area contributed by atoms with Gasteiger partial charge in [0.05, 0.1) is 11.4 Å². The molecule has 0 saturated heterocycles. The number of nitriles is 1. The molecule has 0 radical (unpaired) electrons. The SMILES string of the molecule is CCC(CC)c1c(C#N)nnn1-c1cc(C)ccc1C. The van der Waals surface area contributed by atoms with Crippen molar-refractivity contribution in [3.63, 3.8) is 0 Å². The second-order valence-corrected chi connectivity index (χ2v) is 5.15. The zero-order valence-corrected chi connectivity index (χ0v) is 12.5. The highest BCUT2D eigenvalue weighted by atomic mass is 15.4. The lowest BCUT2D eigenvalue weighted by molar-refractivity contribution is 0.593. The number of benzene rings is 1. The van der Waals surface area contributed by atoms with Crippen LogP contribution in [0.1, 0.15) is 55.1 Å². The first-order valence-corrected chi connectivity index (χ1v) is 7.05. The molecule has 1 aromatic carbocycles. The lowest BCUT2D eigenvalue weighted by Crippen LogP contribution is -2.09. The number of aromatic nitrogens is 3. The number of aryl methyl sites for hydroxylation is 2. The lowest BCUT2D eigenvalue weighted by Gasteiger charge is -2.16. The summed E-state index contributed by atoms with van der Waals surface area (Å²) in [7, 11) is 0. The van der Waals surface area contributed by atoms with E-state index in [4.69, 9.17) is 0 Å². The van der Waals surface area contributed by atoms with E-state index in [-0.39, 0.29) is 0 Å². The number of rotatable bonds is 4. The molecule has 1 heterocycles. The molecule has 0 spiro atoms. The Morgan fingerprint density at radius 2 is 1.95 bits per heavy atom. The van der Waals surface area contributed by atoms with Crippen LogP contribution in [0.4, 0.5) is 0 Å². The van der Waals surface area contributed by atoms with Crippen LogP contribution >= 0.6 is 0 Å². The van der Waals surface area contributed by atoms with Crippen molar-refractivity contribution >= 4 is 0 Å². The maximum absolute atomic E-state index is 9.28. The second-order valence-electron chi connectivity index (χ2n) is 5.15. The van der Waals surface area contributed by atoms with Crippen LogP contribution < -0.4 is 0 Å². The zero-order valence-electron chi connectivity index (χ0n) is 12.5. The second kappa shape index (κ2) is 5.87. The Balaban J connectivity index is 2.66. The molecule has 4 nitrogen and oxygen atoms in total. The van der Waals surface area contributed by atoms with E-state index in [0.29, 0.717) is 11.6 Å². The molecule has 0 unspecified atom stereocenters. The van der Waals surface area contributed by atoms with E-state index >= 15 is 0 Å². The van der Waals surface area contributed by atoms with Gasteiger partial charge >= 0.3 is 0 Å². The van der Waals surface area contributed by atoms with Crippen LogP contribution in [0.5, 0.6) is 0 Å². The minimum absolute atomic E-state index is 0.305. The summed E-state index contributed by atoms with van der Waals surface area (Å²) in [6.07, 6.45) is 1.95. The fourth-order valence-corrected chi connectivity index (χ4v) is 2.54. The van der Waals surface area contributed by atoms with E-state index < -0.39 is 0 Å². The Bertz CT molecular complexity index is 645. The van der Waals surface area contributed by atoms with Crippen LogP contribution in [-0.4, -0.2) is 15.0 Å². The molecule has 0 saturated carbocycles. The maximum Gasteiger partial charge on any atom is 0.186 e. The maximum atomic E-state index is 9.28. The van der Waals surface area contributed by atoms with Gasteiger partial charge in [0.25, 0.3) is 0 Å². The molecule has 104 valence electrons. The van der Waals surface area contributed by atoms with Gasteiger partial charge in [-0.05, 0) is 43.9 Å². The zero-order chi connectivity index (χ0) is 14.7. The van der Waals surface area contributed by atoms with Gasteiger partial charge in [0.2, 0.25) is 0 Å². The van der Waals surface area contributed by atoms with Crippen molar-refractivity contribution in [2.45, 2.75) is 46.5 Å². The molecule has 0 bridgehead atoms. The molecule has 4 heteroatoms. The molecule has 1 aromatic heterocycles. The molecule has 2 aromatic rings. The van der Waals surface area contributed by atoms with Gasteiger partial charge in [-0.15, -0.1) is 5.10 Å². The summed E-state index contributed by atoms with van der Waals surface area (Å²) >= 11 is 0. The standard InChI is InChI=1S/C16H20N4/c1-5-13(6-2)16-14(10-17)18-19-20(16)15-9-11(3)7-8-12(15)4/h7-9,13H,5-6H2,1-4H3. The number of nitrogens with zero attached hydrogens (tertiary/aromatic N) is 4. The molecular weight excluding hydrogens is 248 g/mol. The quantitative estimate of drug-likeness (QED) is 0.850. The summed E-state index contributed by atoms with van der Waals surface area (Å²) in [6.45, 7) is 8.38. The third kappa shape index (κ3) is 2.44. The predicted octanol–water partition coefficient (Wildman–Crippen LogP) is 3.66. The van der Waals surface area contributed by atoms with Gasteiger partial charge in [0, 0.05) is 5.92 Å². The summed E-state index contributed by atoms with van der Waals surface area (Å²) in [5, 5.41) is 17.5. The van der Waals surface area contributed by atoms with E-state index in [1.54, 1.807) is 0 Å². The molecule has 2 rings (SSSR count). The Labute approximate surface area is 120 Å². The van der Waals surface area contributed by atoms with Crippen molar-refractivity contribution in [3.05, 3.63) is 40.7 Å². The van der Waals surface area contributed by atoms with Crippen LogP contribution in [0.15, 0.2) is 18.2 Å². The van der Waals surface area contributed by atoms with Crippen molar-refractivity contribution in [1.82, 2.24) is 15.0 Å². The van der Waals surface area contributed by atoms with Gasteiger partial charge in [-0.25, -0.2) is 4.68 Å². The summed E-state index contributed by atoms with van der Waals surface area (Å²) in [5.41, 5.74) is 4.71. The van der Waals surface area contributed by atoms with E-state index in [1.165, 1.54) is 5.56 Å². The van der Waals surface area contributed by atoms with Crippen molar-refractivity contribution < 1.29 is 0 Å². The molecule has 0 amide bonds. The fourth-order valence-electron chi connectivity index (χ4n) is 2.54. The van der Waals surface area contributed by atoms with Gasteiger partial charge in [-0.3, -0.25) is 0 Å².